The van der Waals surface area contributed by atoms with E-state index in [0.717, 1.165) is 11.1 Å². The average molecular weight is 227 g/mol. The Morgan fingerprint density at radius 2 is 1.94 bits per heavy atom. The highest BCUT2D eigenvalue weighted by atomic mass is 19.1. The van der Waals surface area contributed by atoms with E-state index in [9.17, 15) is 4.39 Å². The third-order valence-electron chi connectivity index (χ3n) is 2.50. The van der Waals surface area contributed by atoms with E-state index in [1.165, 1.54) is 12.1 Å². The molecule has 0 amide bonds. The summed E-state index contributed by atoms with van der Waals surface area (Å²) in [5.41, 5.74) is 1.64. The molecule has 0 N–H and O–H groups in total. The van der Waals surface area contributed by atoms with Crippen LogP contribution in [0.25, 0.3) is 11.1 Å². The van der Waals surface area contributed by atoms with E-state index >= 15 is 0 Å². The molecule has 0 atom stereocenters. The van der Waals surface area contributed by atoms with E-state index in [1.54, 1.807) is 13.2 Å². The third-order valence-corrected chi connectivity index (χ3v) is 2.50. The first-order valence-electron chi connectivity index (χ1n) is 5.09. The second kappa shape index (κ2) is 4.67. The van der Waals surface area contributed by atoms with Crippen molar-refractivity contribution < 1.29 is 9.13 Å². The number of halogens is 1. The van der Waals surface area contributed by atoms with Crippen LogP contribution in [0.5, 0.6) is 5.75 Å². The Morgan fingerprint density at radius 1 is 1.18 bits per heavy atom. The average Bonchev–Trinajstić information content (AvgIpc) is 2.39. The molecular formula is C14H10FNO. The first-order valence-corrected chi connectivity index (χ1v) is 5.09. The molecule has 84 valence electrons. The second-order valence-electron chi connectivity index (χ2n) is 3.51. The summed E-state index contributed by atoms with van der Waals surface area (Å²) in [6.45, 7) is 0. The molecule has 2 aromatic carbocycles. The molecule has 3 heteroatoms. The predicted octanol–water partition coefficient (Wildman–Crippen LogP) is 3.37. The van der Waals surface area contributed by atoms with Crippen molar-refractivity contribution >= 4 is 0 Å². The zero-order valence-electron chi connectivity index (χ0n) is 9.27. The Hall–Kier alpha value is -2.34. The van der Waals surface area contributed by atoms with E-state index in [-0.39, 0.29) is 5.56 Å². The van der Waals surface area contributed by atoms with Crippen molar-refractivity contribution in [2.24, 2.45) is 0 Å². The molecule has 0 bridgehead atoms. The summed E-state index contributed by atoms with van der Waals surface area (Å²) in [6.07, 6.45) is 0. The predicted molar refractivity (Wildman–Crippen MR) is 63.1 cm³/mol. The Balaban J connectivity index is 2.58. The van der Waals surface area contributed by atoms with Gasteiger partial charge >= 0.3 is 0 Å². The van der Waals surface area contributed by atoms with Crippen molar-refractivity contribution in [2.75, 3.05) is 7.11 Å². The SMILES string of the molecule is COc1ccccc1-c1ccc(F)c(C#N)c1. The quantitative estimate of drug-likeness (QED) is 0.788. The van der Waals surface area contributed by atoms with Crippen molar-refractivity contribution in [2.45, 2.75) is 0 Å². The molecule has 0 saturated carbocycles. The van der Waals surface area contributed by atoms with Crippen LogP contribution in [-0.4, -0.2) is 7.11 Å². The normalized spacial score (nSPS) is 9.71. The van der Waals surface area contributed by atoms with Gasteiger partial charge in [-0.3, -0.25) is 0 Å². The maximum Gasteiger partial charge on any atom is 0.140 e. The molecule has 0 fully saturated rings. The molecule has 0 aliphatic rings. The molecule has 2 rings (SSSR count). The van der Waals surface area contributed by atoms with Crippen LogP contribution in [0, 0.1) is 17.1 Å². The van der Waals surface area contributed by atoms with Crippen LogP contribution in [0.4, 0.5) is 4.39 Å². The standard InChI is InChI=1S/C14H10FNO/c1-17-14-5-3-2-4-12(14)10-6-7-13(15)11(8-10)9-16/h2-8H,1H3. The minimum Gasteiger partial charge on any atom is -0.496 e. The largest absolute Gasteiger partial charge is 0.496 e. The Morgan fingerprint density at radius 3 is 2.65 bits per heavy atom. The number of nitriles is 1. The molecule has 2 nitrogen and oxygen atoms in total. The van der Waals surface area contributed by atoms with Crippen molar-refractivity contribution in [3.05, 3.63) is 53.8 Å². The first-order chi connectivity index (χ1) is 8.26. The number of rotatable bonds is 2. The minimum absolute atomic E-state index is 0.0356. The van der Waals surface area contributed by atoms with Crippen LogP contribution >= 0.6 is 0 Å². The smallest absolute Gasteiger partial charge is 0.140 e. The van der Waals surface area contributed by atoms with Crippen LogP contribution in [0.1, 0.15) is 5.56 Å². The van der Waals surface area contributed by atoms with Crippen LogP contribution in [0.2, 0.25) is 0 Å². The van der Waals surface area contributed by atoms with Gasteiger partial charge in [-0.2, -0.15) is 5.26 Å². The van der Waals surface area contributed by atoms with Gasteiger partial charge in [0.2, 0.25) is 0 Å². The number of methoxy groups -OCH3 is 1. The highest BCUT2D eigenvalue weighted by Gasteiger charge is 2.08. The molecule has 17 heavy (non-hydrogen) atoms. The minimum atomic E-state index is -0.508. The summed E-state index contributed by atoms with van der Waals surface area (Å²) < 4.78 is 18.4. The van der Waals surface area contributed by atoms with Crippen LogP contribution < -0.4 is 4.74 Å². The number of hydrogen-bond acceptors (Lipinski definition) is 2. The van der Waals surface area contributed by atoms with Gasteiger partial charge in [-0.05, 0) is 23.8 Å². The third kappa shape index (κ3) is 2.11. The van der Waals surface area contributed by atoms with Gasteiger partial charge in [-0.25, -0.2) is 4.39 Å². The van der Waals surface area contributed by atoms with Gasteiger partial charge in [0.1, 0.15) is 17.6 Å². The van der Waals surface area contributed by atoms with Crippen molar-refractivity contribution in [3.8, 4) is 22.9 Å². The zero-order valence-corrected chi connectivity index (χ0v) is 9.27. The lowest BCUT2D eigenvalue weighted by Gasteiger charge is -2.08. The van der Waals surface area contributed by atoms with Gasteiger partial charge in [0, 0.05) is 5.56 Å². The summed E-state index contributed by atoms with van der Waals surface area (Å²) >= 11 is 0. The van der Waals surface area contributed by atoms with E-state index in [1.807, 2.05) is 30.3 Å². The number of benzene rings is 2. The summed E-state index contributed by atoms with van der Waals surface area (Å²) in [4.78, 5) is 0. The number of ether oxygens (including phenoxy) is 1. The van der Waals surface area contributed by atoms with E-state index in [2.05, 4.69) is 0 Å². The molecule has 0 aliphatic carbocycles. The van der Waals surface area contributed by atoms with E-state index in [0.29, 0.717) is 5.75 Å². The maximum absolute atomic E-state index is 13.2. The van der Waals surface area contributed by atoms with Gasteiger partial charge in [0.05, 0.1) is 12.7 Å². The fourth-order valence-corrected chi connectivity index (χ4v) is 1.66. The number of nitrogens with zero attached hydrogens (tertiary/aromatic N) is 1. The van der Waals surface area contributed by atoms with Crippen LogP contribution in [-0.2, 0) is 0 Å². The van der Waals surface area contributed by atoms with Crippen LogP contribution in [0.3, 0.4) is 0 Å². The van der Waals surface area contributed by atoms with Gasteiger partial charge in [0.15, 0.2) is 0 Å². The lowest BCUT2D eigenvalue weighted by molar-refractivity contribution is 0.416. The fourth-order valence-electron chi connectivity index (χ4n) is 1.66. The Labute approximate surface area is 98.9 Å². The van der Waals surface area contributed by atoms with Crippen molar-refractivity contribution in [3.63, 3.8) is 0 Å². The summed E-state index contributed by atoms with van der Waals surface area (Å²) in [7, 11) is 1.58. The number of hydrogen-bond donors (Lipinski definition) is 0. The molecule has 0 spiro atoms. The molecule has 2 aromatic rings. The Kier molecular flexibility index (Phi) is 3.06. The molecule has 0 heterocycles. The molecule has 0 radical (unpaired) electrons. The highest BCUT2D eigenvalue weighted by Crippen LogP contribution is 2.30. The lowest BCUT2D eigenvalue weighted by atomic mass is 10.0. The fraction of sp³-hybridized carbons (Fsp3) is 0.0714. The van der Waals surface area contributed by atoms with Crippen molar-refractivity contribution in [1.82, 2.24) is 0 Å². The summed E-state index contributed by atoms with van der Waals surface area (Å²) in [6, 6.07) is 13.7. The Bertz CT molecular complexity index is 587. The topological polar surface area (TPSA) is 33.0 Å². The van der Waals surface area contributed by atoms with Gasteiger partial charge in [0.25, 0.3) is 0 Å². The van der Waals surface area contributed by atoms with Crippen LogP contribution in [0.15, 0.2) is 42.5 Å². The van der Waals surface area contributed by atoms with Gasteiger partial charge < -0.3 is 4.74 Å². The molecule has 0 unspecified atom stereocenters. The van der Waals surface area contributed by atoms with Gasteiger partial charge in [-0.1, -0.05) is 24.3 Å². The van der Waals surface area contributed by atoms with Gasteiger partial charge in [-0.15, -0.1) is 0 Å². The molecule has 0 aliphatic heterocycles. The van der Waals surface area contributed by atoms with E-state index < -0.39 is 5.82 Å². The molecular weight excluding hydrogens is 217 g/mol. The highest BCUT2D eigenvalue weighted by molar-refractivity contribution is 5.71. The first kappa shape index (κ1) is 11.2. The number of para-hydroxylation sites is 1. The maximum atomic E-state index is 13.2. The molecule has 0 aromatic heterocycles. The van der Waals surface area contributed by atoms with Crippen molar-refractivity contribution in [1.29, 1.82) is 5.26 Å². The summed E-state index contributed by atoms with van der Waals surface area (Å²) in [5, 5.41) is 8.80. The lowest BCUT2D eigenvalue weighted by Crippen LogP contribution is -1.89. The molecule has 0 saturated heterocycles. The second-order valence-corrected chi connectivity index (χ2v) is 3.51. The monoisotopic (exact) mass is 227 g/mol. The van der Waals surface area contributed by atoms with E-state index in [4.69, 9.17) is 10.00 Å². The zero-order chi connectivity index (χ0) is 12.3. The summed E-state index contributed by atoms with van der Waals surface area (Å²) in [5.74, 6) is 0.189.